The fourth-order valence-electron chi connectivity index (χ4n) is 0.952. The van der Waals surface area contributed by atoms with E-state index in [1.807, 2.05) is 6.92 Å². The molecule has 0 fully saturated rings. The van der Waals surface area contributed by atoms with E-state index in [4.69, 9.17) is 19.9 Å². The van der Waals surface area contributed by atoms with Crippen molar-refractivity contribution in [1.29, 1.82) is 0 Å². The maximum absolute atomic E-state index is 5.48. The van der Waals surface area contributed by atoms with Crippen LogP contribution in [-0.4, -0.2) is 39.3 Å². The molecule has 0 heterocycles. The van der Waals surface area contributed by atoms with Gasteiger partial charge in [0.15, 0.2) is 6.29 Å². The van der Waals surface area contributed by atoms with Gasteiger partial charge in [-0.2, -0.15) is 0 Å². The molecule has 0 aromatic carbocycles. The van der Waals surface area contributed by atoms with Crippen molar-refractivity contribution < 1.29 is 14.2 Å². The van der Waals surface area contributed by atoms with Crippen molar-refractivity contribution in [1.82, 2.24) is 0 Å². The number of rotatable bonds is 10. The third-order valence-corrected chi connectivity index (χ3v) is 1.67. The minimum atomic E-state index is -0.238. The molecule has 0 spiro atoms. The summed E-state index contributed by atoms with van der Waals surface area (Å²) in [7, 11) is 0. The Kier molecular flexibility index (Phi) is 10.8. The highest BCUT2D eigenvalue weighted by Gasteiger charge is 2.07. The molecule has 0 saturated heterocycles. The average molecular weight is 205 g/mol. The minimum Gasteiger partial charge on any atom is -0.375 e. The van der Waals surface area contributed by atoms with Crippen molar-refractivity contribution in [2.24, 2.45) is 5.73 Å². The van der Waals surface area contributed by atoms with Crippen LogP contribution in [0.1, 0.15) is 26.7 Å². The summed E-state index contributed by atoms with van der Waals surface area (Å²) < 4.78 is 16.1. The molecule has 0 aliphatic carbocycles. The smallest absolute Gasteiger partial charge is 0.180 e. The van der Waals surface area contributed by atoms with Gasteiger partial charge < -0.3 is 19.9 Å². The van der Waals surface area contributed by atoms with Gasteiger partial charge in [0, 0.05) is 19.8 Å². The number of unbranched alkanes of at least 4 members (excludes halogenated alkanes) is 1. The Morgan fingerprint density at radius 1 is 1.14 bits per heavy atom. The standard InChI is InChI=1S/C10H23NO3/c1-3-5-7-14-10(13-4-2)9-12-8-6-11/h10H,3-9,11H2,1-2H3. The molecule has 0 aromatic rings. The van der Waals surface area contributed by atoms with Crippen LogP contribution in [0.4, 0.5) is 0 Å². The molecule has 0 rings (SSSR count). The van der Waals surface area contributed by atoms with Gasteiger partial charge in [0.05, 0.1) is 13.2 Å². The van der Waals surface area contributed by atoms with Crippen molar-refractivity contribution in [2.45, 2.75) is 33.0 Å². The lowest BCUT2D eigenvalue weighted by Crippen LogP contribution is -2.25. The number of hydrogen-bond acceptors (Lipinski definition) is 4. The number of ether oxygens (including phenoxy) is 3. The molecule has 0 radical (unpaired) electrons. The highest BCUT2D eigenvalue weighted by molar-refractivity contribution is 4.43. The van der Waals surface area contributed by atoms with E-state index < -0.39 is 0 Å². The first-order valence-electron chi connectivity index (χ1n) is 5.36. The van der Waals surface area contributed by atoms with Crippen LogP contribution >= 0.6 is 0 Å². The molecule has 2 N–H and O–H groups in total. The summed E-state index contributed by atoms with van der Waals surface area (Å²) >= 11 is 0. The predicted molar refractivity (Wildman–Crippen MR) is 56.1 cm³/mol. The molecule has 0 bridgehead atoms. The van der Waals surface area contributed by atoms with Gasteiger partial charge in [-0.05, 0) is 13.3 Å². The summed E-state index contributed by atoms with van der Waals surface area (Å²) in [5, 5.41) is 0. The molecule has 4 nitrogen and oxygen atoms in total. The van der Waals surface area contributed by atoms with E-state index in [0.29, 0.717) is 26.4 Å². The Labute approximate surface area is 86.7 Å². The third-order valence-electron chi connectivity index (χ3n) is 1.67. The van der Waals surface area contributed by atoms with E-state index in [2.05, 4.69) is 6.92 Å². The van der Waals surface area contributed by atoms with E-state index in [1.54, 1.807) is 0 Å². The van der Waals surface area contributed by atoms with Crippen molar-refractivity contribution >= 4 is 0 Å². The Morgan fingerprint density at radius 2 is 1.93 bits per heavy atom. The molecular weight excluding hydrogens is 182 g/mol. The summed E-state index contributed by atoms with van der Waals surface area (Å²) in [4.78, 5) is 0. The molecule has 1 atom stereocenters. The van der Waals surface area contributed by atoms with Gasteiger partial charge in [-0.15, -0.1) is 0 Å². The molecule has 0 saturated carbocycles. The Hall–Kier alpha value is -0.160. The molecule has 86 valence electrons. The zero-order valence-electron chi connectivity index (χ0n) is 9.33. The Bertz CT molecular complexity index is 102. The summed E-state index contributed by atoms with van der Waals surface area (Å²) in [6.07, 6.45) is 1.95. The maximum Gasteiger partial charge on any atom is 0.180 e. The highest BCUT2D eigenvalue weighted by atomic mass is 16.7. The van der Waals surface area contributed by atoms with E-state index in [9.17, 15) is 0 Å². The van der Waals surface area contributed by atoms with E-state index >= 15 is 0 Å². The van der Waals surface area contributed by atoms with Crippen LogP contribution in [0.5, 0.6) is 0 Å². The normalized spacial score (nSPS) is 13.1. The van der Waals surface area contributed by atoms with E-state index in [1.165, 1.54) is 0 Å². The minimum absolute atomic E-state index is 0.238. The second-order valence-corrected chi connectivity index (χ2v) is 2.97. The van der Waals surface area contributed by atoms with Crippen LogP contribution in [0.25, 0.3) is 0 Å². The first-order valence-corrected chi connectivity index (χ1v) is 5.36. The van der Waals surface area contributed by atoms with Crippen LogP contribution < -0.4 is 5.73 Å². The largest absolute Gasteiger partial charge is 0.375 e. The Balaban J connectivity index is 3.44. The highest BCUT2D eigenvalue weighted by Crippen LogP contribution is 1.98. The van der Waals surface area contributed by atoms with Crippen molar-refractivity contribution in [3.05, 3.63) is 0 Å². The summed E-state index contributed by atoms with van der Waals surface area (Å²) in [5.74, 6) is 0. The van der Waals surface area contributed by atoms with Crippen LogP contribution in [0, 0.1) is 0 Å². The van der Waals surface area contributed by atoms with Gasteiger partial charge in [-0.25, -0.2) is 0 Å². The van der Waals surface area contributed by atoms with Crippen molar-refractivity contribution in [3.63, 3.8) is 0 Å². The van der Waals surface area contributed by atoms with Crippen LogP contribution in [0.3, 0.4) is 0 Å². The molecule has 0 amide bonds. The summed E-state index contributed by atoms with van der Waals surface area (Å²) in [6.45, 7) is 7.00. The first kappa shape index (κ1) is 13.8. The van der Waals surface area contributed by atoms with Gasteiger partial charge in [0.2, 0.25) is 0 Å². The fraction of sp³-hybridized carbons (Fsp3) is 1.00. The fourth-order valence-corrected chi connectivity index (χ4v) is 0.952. The quantitative estimate of drug-likeness (QED) is 0.429. The second kappa shape index (κ2) is 10.9. The molecular formula is C10H23NO3. The monoisotopic (exact) mass is 205 g/mol. The van der Waals surface area contributed by atoms with Crippen LogP contribution in [0.2, 0.25) is 0 Å². The molecule has 0 aromatic heterocycles. The topological polar surface area (TPSA) is 53.7 Å². The van der Waals surface area contributed by atoms with Gasteiger partial charge in [0.1, 0.15) is 0 Å². The number of nitrogens with two attached hydrogens (primary N) is 1. The lowest BCUT2D eigenvalue weighted by molar-refractivity contribution is -0.169. The molecule has 0 aliphatic heterocycles. The molecule has 14 heavy (non-hydrogen) atoms. The van der Waals surface area contributed by atoms with Crippen LogP contribution in [-0.2, 0) is 14.2 Å². The van der Waals surface area contributed by atoms with E-state index in [0.717, 1.165) is 19.4 Å². The zero-order valence-corrected chi connectivity index (χ0v) is 9.33. The first-order chi connectivity index (χ1) is 6.85. The lowest BCUT2D eigenvalue weighted by Gasteiger charge is -2.17. The van der Waals surface area contributed by atoms with Crippen molar-refractivity contribution in [3.8, 4) is 0 Å². The van der Waals surface area contributed by atoms with Crippen molar-refractivity contribution in [2.75, 3.05) is 33.0 Å². The zero-order chi connectivity index (χ0) is 10.6. The average Bonchev–Trinajstić information content (AvgIpc) is 2.18. The summed E-state index contributed by atoms with van der Waals surface area (Å²) in [6, 6.07) is 0. The maximum atomic E-state index is 5.48. The van der Waals surface area contributed by atoms with Gasteiger partial charge in [-0.1, -0.05) is 13.3 Å². The molecule has 0 aliphatic rings. The van der Waals surface area contributed by atoms with Gasteiger partial charge >= 0.3 is 0 Å². The lowest BCUT2D eigenvalue weighted by atomic mass is 10.4. The predicted octanol–water partition coefficient (Wildman–Crippen LogP) is 1.14. The van der Waals surface area contributed by atoms with Gasteiger partial charge in [0.25, 0.3) is 0 Å². The Morgan fingerprint density at radius 3 is 2.50 bits per heavy atom. The third kappa shape index (κ3) is 8.44. The molecule has 4 heteroatoms. The second-order valence-electron chi connectivity index (χ2n) is 2.97. The van der Waals surface area contributed by atoms with Crippen LogP contribution in [0.15, 0.2) is 0 Å². The van der Waals surface area contributed by atoms with E-state index in [-0.39, 0.29) is 6.29 Å². The SMILES string of the molecule is CCCCOC(COCCN)OCC. The van der Waals surface area contributed by atoms with Gasteiger partial charge in [-0.3, -0.25) is 0 Å². The summed E-state index contributed by atoms with van der Waals surface area (Å²) in [5.41, 5.74) is 5.30. The molecule has 1 unspecified atom stereocenters. The number of hydrogen-bond donors (Lipinski definition) is 1.